The van der Waals surface area contributed by atoms with E-state index in [9.17, 15) is 0 Å². The highest BCUT2D eigenvalue weighted by Crippen LogP contribution is 2.20. The Morgan fingerprint density at radius 3 is 2.87 bits per heavy atom. The molecule has 0 bridgehead atoms. The van der Waals surface area contributed by atoms with Crippen molar-refractivity contribution in [3.05, 3.63) is 47.1 Å². The molecule has 15 heavy (non-hydrogen) atoms. The molecule has 3 nitrogen and oxygen atoms in total. The summed E-state index contributed by atoms with van der Waals surface area (Å²) < 4.78 is 0. The third-order valence-electron chi connectivity index (χ3n) is 1.90. The van der Waals surface area contributed by atoms with E-state index in [0.29, 0.717) is 16.3 Å². The molecule has 72 valence electrons. The van der Waals surface area contributed by atoms with Crippen molar-refractivity contribution in [3.63, 3.8) is 0 Å². The smallest absolute Gasteiger partial charge is 0.101 e. The zero-order valence-corrected chi connectivity index (χ0v) is 8.44. The van der Waals surface area contributed by atoms with Crippen molar-refractivity contribution >= 4 is 11.6 Å². The van der Waals surface area contributed by atoms with Crippen LogP contribution in [0.15, 0.2) is 36.5 Å². The molecule has 1 heterocycles. The lowest BCUT2D eigenvalue weighted by atomic mass is 10.1. The van der Waals surface area contributed by atoms with Gasteiger partial charge in [0.05, 0.1) is 17.5 Å². The summed E-state index contributed by atoms with van der Waals surface area (Å²) in [5, 5.41) is 17.0. The van der Waals surface area contributed by atoms with E-state index in [1.807, 2.05) is 18.2 Å². The van der Waals surface area contributed by atoms with Gasteiger partial charge in [0.2, 0.25) is 0 Å². The molecule has 0 saturated carbocycles. The number of halogens is 1. The molecule has 2 aromatic rings. The molecular weight excluding hydrogens is 210 g/mol. The van der Waals surface area contributed by atoms with Gasteiger partial charge in [0.25, 0.3) is 0 Å². The highest BCUT2D eigenvalue weighted by atomic mass is 35.5. The van der Waals surface area contributed by atoms with Crippen LogP contribution >= 0.6 is 11.6 Å². The number of nitrogens with zero attached hydrogens (tertiary/aromatic N) is 3. The largest absolute Gasteiger partial charge is 0.192 e. The summed E-state index contributed by atoms with van der Waals surface area (Å²) >= 11 is 5.86. The van der Waals surface area contributed by atoms with Crippen molar-refractivity contribution in [3.8, 4) is 17.3 Å². The van der Waals surface area contributed by atoms with E-state index in [0.717, 1.165) is 5.56 Å². The molecule has 0 saturated heterocycles. The average molecular weight is 216 g/mol. The van der Waals surface area contributed by atoms with Crippen molar-refractivity contribution in [2.45, 2.75) is 0 Å². The fourth-order valence-electron chi connectivity index (χ4n) is 1.22. The van der Waals surface area contributed by atoms with Crippen LogP contribution in [0.4, 0.5) is 0 Å². The summed E-state index contributed by atoms with van der Waals surface area (Å²) in [6.07, 6.45) is 1.42. The maximum atomic E-state index is 8.72. The zero-order chi connectivity index (χ0) is 10.7. The van der Waals surface area contributed by atoms with Gasteiger partial charge in [-0.3, -0.25) is 0 Å². The minimum Gasteiger partial charge on any atom is -0.192 e. The number of aromatic nitrogens is 2. The monoisotopic (exact) mass is 215 g/mol. The molecule has 0 spiro atoms. The van der Waals surface area contributed by atoms with Gasteiger partial charge in [-0.25, -0.2) is 0 Å². The van der Waals surface area contributed by atoms with Crippen molar-refractivity contribution < 1.29 is 0 Å². The first-order valence-corrected chi connectivity index (χ1v) is 4.66. The molecule has 1 aromatic carbocycles. The summed E-state index contributed by atoms with van der Waals surface area (Å²) in [5.41, 5.74) is 1.99. The standard InChI is InChI=1S/C11H6ClN3/c12-10-3-1-2-9(5-10)11-4-8(6-13)7-14-15-11/h1-5,7H. The van der Waals surface area contributed by atoms with E-state index >= 15 is 0 Å². The summed E-state index contributed by atoms with van der Waals surface area (Å²) in [7, 11) is 0. The minimum atomic E-state index is 0.486. The van der Waals surface area contributed by atoms with Crippen LogP contribution in [0.5, 0.6) is 0 Å². The van der Waals surface area contributed by atoms with Crippen LogP contribution in [0.1, 0.15) is 5.56 Å². The summed E-state index contributed by atoms with van der Waals surface area (Å²) in [6, 6.07) is 11.0. The maximum Gasteiger partial charge on any atom is 0.101 e. The van der Waals surface area contributed by atoms with Crippen molar-refractivity contribution in [2.24, 2.45) is 0 Å². The Kier molecular flexibility index (Phi) is 2.61. The number of nitriles is 1. The van der Waals surface area contributed by atoms with Gasteiger partial charge >= 0.3 is 0 Å². The first-order chi connectivity index (χ1) is 7.29. The van der Waals surface area contributed by atoms with Gasteiger partial charge in [0.15, 0.2) is 0 Å². The molecule has 4 heteroatoms. The Hall–Kier alpha value is -1.92. The zero-order valence-electron chi connectivity index (χ0n) is 7.68. The van der Waals surface area contributed by atoms with E-state index < -0.39 is 0 Å². The number of hydrogen-bond acceptors (Lipinski definition) is 3. The van der Waals surface area contributed by atoms with Crippen LogP contribution in [0.3, 0.4) is 0 Å². The van der Waals surface area contributed by atoms with Crippen LogP contribution in [0, 0.1) is 11.3 Å². The van der Waals surface area contributed by atoms with Gasteiger partial charge in [-0.1, -0.05) is 23.7 Å². The van der Waals surface area contributed by atoms with Gasteiger partial charge in [-0.15, -0.1) is 0 Å². The molecule has 0 unspecified atom stereocenters. The van der Waals surface area contributed by atoms with E-state index in [4.69, 9.17) is 16.9 Å². The average Bonchev–Trinajstić information content (AvgIpc) is 2.29. The maximum absolute atomic E-state index is 8.72. The predicted molar refractivity (Wildman–Crippen MR) is 57.2 cm³/mol. The Morgan fingerprint density at radius 1 is 1.27 bits per heavy atom. The number of benzene rings is 1. The second kappa shape index (κ2) is 4.07. The van der Waals surface area contributed by atoms with Crippen LogP contribution in [-0.4, -0.2) is 10.2 Å². The van der Waals surface area contributed by atoms with E-state index in [-0.39, 0.29) is 0 Å². The second-order valence-corrected chi connectivity index (χ2v) is 3.39. The van der Waals surface area contributed by atoms with Crippen LogP contribution in [0.25, 0.3) is 11.3 Å². The first kappa shape index (κ1) is 9.63. The minimum absolute atomic E-state index is 0.486. The molecule has 0 fully saturated rings. The fraction of sp³-hybridized carbons (Fsp3) is 0. The number of hydrogen-bond donors (Lipinski definition) is 0. The van der Waals surface area contributed by atoms with E-state index in [1.54, 1.807) is 18.2 Å². The second-order valence-electron chi connectivity index (χ2n) is 2.95. The Morgan fingerprint density at radius 2 is 2.13 bits per heavy atom. The van der Waals surface area contributed by atoms with Gasteiger partial charge in [0.1, 0.15) is 6.07 Å². The lowest BCUT2D eigenvalue weighted by Crippen LogP contribution is -1.88. The molecule has 0 aliphatic heterocycles. The highest BCUT2D eigenvalue weighted by molar-refractivity contribution is 6.30. The normalized spacial score (nSPS) is 9.60. The van der Waals surface area contributed by atoms with Gasteiger partial charge in [-0.05, 0) is 18.2 Å². The molecule has 0 radical (unpaired) electrons. The van der Waals surface area contributed by atoms with Crippen LogP contribution < -0.4 is 0 Å². The van der Waals surface area contributed by atoms with Crippen molar-refractivity contribution in [2.75, 3.05) is 0 Å². The Bertz CT molecular complexity index is 531. The molecule has 0 amide bonds. The molecule has 0 N–H and O–H groups in total. The predicted octanol–water partition coefficient (Wildman–Crippen LogP) is 2.67. The van der Waals surface area contributed by atoms with Gasteiger partial charge < -0.3 is 0 Å². The molecule has 0 atom stereocenters. The topological polar surface area (TPSA) is 49.6 Å². The molecule has 1 aromatic heterocycles. The van der Waals surface area contributed by atoms with Crippen molar-refractivity contribution in [1.29, 1.82) is 5.26 Å². The lowest BCUT2D eigenvalue weighted by molar-refractivity contribution is 1.03. The Labute approximate surface area is 92.0 Å². The highest BCUT2D eigenvalue weighted by Gasteiger charge is 2.01. The third kappa shape index (κ3) is 2.12. The van der Waals surface area contributed by atoms with Crippen molar-refractivity contribution in [1.82, 2.24) is 10.2 Å². The van der Waals surface area contributed by atoms with E-state index in [2.05, 4.69) is 10.2 Å². The summed E-state index contributed by atoms with van der Waals surface area (Å²) in [5.74, 6) is 0. The summed E-state index contributed by atoms with van der Waals surface area (Å²) in [4.78, 5) is 0. The lowest BCUT2D eigenvalue weighted by Gasteiger charge is -1.99. The first-order valence-electron chi connectivity index (χ1n) is 4.28. The third-order valence-corrected chi connectivity index (χ3v) is 2.14. The molecular formula is C11H6ClN3. The van der Waals surface area contributed by atoms with Crippen LogP contribution in [0.2, 0.25) is 5.02 Å². The fourth-order valence-corrected chi connectivity index (χ4v) is 1.41. The van der Waals surface area contributed by atoms with Crippen LogP contribution in [-0.2, 0) is 0 Å². The van der Waals surface area contributed by atoms with Gasteiger partial charge in [-0.2, -0.15) is 15.5 Å². The SMILES string of the molecule is N#Cc1cnnc(-c2cccc(Cl)c2)c1. The Balaban J connectivity index is 2.50. The number of rotatable bonds is 1. The summed E-state index contributed by atoms with van der Waals surface area (Å²) in [6.45, 7) is 0. The van der Waals surface area contributed by atoms with Gasteiger partial charge in [0, 0.05) is 10.6 Å². The molecule has 0 aliphatic rings. The van der Waals surface area contributed by atoms with E-state index in [1.165, 1.54) is 6.20 Å². The molecule has 2 rings (SSSR count). The molecule has 0 aliphatic carbocycles. The quantitative estimate of drug-likeness (QED) is 0.735.